The lowest BCUT2D eigenvalue weighted by atomic mass is 9.30. The molecule has 0 saturated heterocycles. The summed E-state index contributed by atoms with van der Waals surface area (Å²) in [6.07, 6.45) is 1.97. The van der Waals surface area contributed by atoms with Gasteiger partial charge in [0.2, 0.25) is 6.71 Å². The van der Waals surface area contributed by atoms with Crippen LogP contribution in [0.5, 0.6) is 11.5 Å². The fraction of sp³-hybridized carbons (Fsp3) is 0.182. The minimum absolute atomic E-state index is 0.315. The van der Waals surface area contributed by atoms with E-state index in [1.807, 2.05) is 0 Å². The first-order chi connectivity index (χ1) is 12.3. The molecule has 3 aromatic rings. The van der Waals surface area contributed by atoms with Gasteiger partial charge in [0.25, 0.3) is 0 Å². The fourth-order valence-corrected chi connectivity index (χ4v) is 4.52. The van der Waals surface area contributed by atoms with Gasteiger partial charge in [0.15, 0.2) is 0 Å². The Hall–Kier alpha value is -2.68. The van der Waals surface area contributed by atoms with Gasteiger partial charge in [-0.15, -0.1) is 0 Å². The van der Waals surface area contributed by atoms with Crippen molar-refractivity contribution >= 4 is 23.1 Å². The maximum absolute atomic E-state index is 5.46. The summed E-state index contributed by atoms with van der Waals surface area (Å²) in [5, 5.41) is 0. The number of hydrogen-bond acceptors (Lipinski definition) is 2. The molecule has 0 atom stereocenters. The van der Waals surface area contributed by atoms with E-state index in [2.05, 4.69) is 54.6 Å². The predicted molar refractivity (Wildman–Crippen MR) is 103 cm³/mol. The number of hydrogen-bond donors (Lipinski definition) is 0. The molecule has 0 unspecified atom stereocenters. The summed E-state index contributed by atoms with van der Waals surface area (Å²) in [4.78, 5) is 0. The van der Waals surface area contributed by atoms with Crippen molar-refractivity contribution in [3.63, 3.8) is 0 Å². The van der Waals surface area contributed by atoms with Crippen LogP contribution < -0.4 is 25.9 Å². The van der Waals surface area contributed by atoms with Crippen molar-refractivity contribution in [1.82, 2.24) is 0 Å². The van der Waals surface area contributed by atoms with Gasteiger partial charge in [-0.2, -0.15) is 0 Å². The van der Waals surface area contributed by atoms with Crippen molar-refractivity contribution in [3.8, 4) is 11.5 Å². The van der Waals surface area contributed by atoms with E-state index in [1.54, 1.807) is 14.2 Å². The average Bonchev–Trinajstić information content (AvgIpc) is 2.66. The van der Waals surface area contributed by atoms with E-state index in [0.717, 1.165) is 24.3 Å². The fourth-order valence-electron chi connectivity index (χ4n) is 4.52. The smallest absolute Gasteiger partial charge is 0.242 e. The number of fused-ring (bicyclic) bond motifs is 4. The van der Waals surface area contributed by atoms with E-state index < -0.39 is 0 Å². The molecule has 0 N–H and O–H groups in total. The molecule has 2 nitrogen and oxygen atoms in total. The zero-order valence-electron chi connectivity index (χ0n) is 14.5. The summed E-state index contributed by atoms with van der Waals surface area (Å²) < 4.78 is 10.9. The molecular formula is C22H19BO2. The molecule has 5 rings (SSSR count). The second-order valence-corrected chi connectivity index (χ2v) is 6.91. The number of ether oxygens (including phenoxy) is 2. The van der Waals surface area contributed by atoms with E-state index in [-0.39, 0.29) is 0 Å². The quantitative estimate of drug-likeness (QED) is 0.462. The minimum Gasteiger partial charge on any atom is -0.497 e. The van der Waals surface area contributed by atoms with Crippen molar-refractivity contribution < 1.29 is 9.47 Å². The Bertz CT molecular complexity index is 918. The number of benzene rings is 3. The third-order valence-corrected chi connectivity index (χ3v) is 5.66. The van der Waals surface area contributed by atoms with E-state index in [9.17, 15) is 0 Å². The number of rotatable bonds is 2. The molecule has 0 spiro atoms. The largest absolute Gasteiger partial charge is 0.497 e. The third kappa shape index (κ3) is 2.12. The van der Waals surface area contributed by atoms with Crippen LogP contribution in [0.15, 0.2) is 54.6 Å². The maximum Gasteiger partial charge on any atom is 0.242 e. The molecule has 0 radical (unpaired) electrons. The lowest BCUT2D eigenvalue weighted by Crippen LogP contribution is -2.61. The van der Waals surface area contributed by atoms with Crippen molar-refractivity contribution in [2.45, 2.75) is 12.8 Å². The van der Waals surface area contributed by atoms with Gasteiger partial charge in [0, 0.05) is 0 Å². The molecule has 0 amide bonds. The summed E-state index contributed by atoms with van der Waals surface area (Å²) in [6, 6.07) is 19.8. The van der Waals surface area contributed by atoms with E-state index in [1.165, 1.54) is 38.6 Å². The summed E-state index contributed by atoms with van der Waals surface area (Å²) in [5.41, 5.74) is 9.97. The molecule has 3 aromatic carbocycles. The molecule has 2 aliphatic rings. The zero-order valence-corrected chi connectivity index (χ0v) is 14.5. The maximum atomic E-state index is 5.46. The Morgan fingerprint density at radius 1 is 0.680 bits per heavy atom. The van der Waals surface area contributed by atoms with Gasteiger partial charge in [0.05, 0.1) is 14.2 Å². The second kappa shape index (κ2) is 5.42. The standard InChI is InChI=1S/C22H19BO2/c1-24-18-6-8-20-16(12-18)10-14-4-3-5-15-11-17-13-19(25-2)7-9-21(17)23(20)22(14)15/h3-9,12-13H,10-11H2,1-2H3. The Balaban J connectivity index is 1.77. The lowest BCUT2D eigenvalue weighted by molar-refractivity contribution is 0.414. The second-order valence-electron chi connectivity index (χ2n) is 6.91. The molecule has 3 heteroatoms. The molecule has 0 bridgehead atoms. The van der Waals surface area contributed by atoms with Crippen LogP contribution in [0.2, 0.25) is 0 Å². The molecule has 0 saturated carbocycles. The van der Waals surface area contributed by atoms with Crippen LogP contribution in [0.4, 0.5) is 0 Å². The Morgan fingerprint density at radius 2 is 1.20 bits per heavy atom. The first kappa shape index (κ1) is 14.6. The van der Waals surface area contributed by atoms with Gasteiger partial charge in [-0.3, -0.25) is 0 Å². The van der Waals surface area contributed by atoms with Gasteiger partial charge in [-0.1, -0.05) is 46.7 Å². The van der Waals surface area contributed by atoms with Gasteiger partial charge in [-0.05, 0) is 59.4 Å². The van der Waals surface area contributed by atoms with Crippen LogP contribution in [-0.2, 0) is 12.8 Å². The van der Waals surface area contributed by atoms with Crippen LogP contribution >= 0.6 is 0 Å². The first-order valence-electron chi connectivity index (χ1n) is 8.73. The summed E-state index contributed by atoms with van der Waals surface area (Å²) in [5.74, 6) is 1.87. The Morgan fingerprint density at radius 3 is 1.68 bits per heavy atom. The zero-order chi connectivity index (χ0) is 17.0. The molecule has 122 valence electrons. The van der Waals surface area contributed by atoms with E-state index in [4.69, 9.17) is 9.47 Å². The van der Waals surface area contributed by atoms with Crippen molar-refractivity contribution in [2.75, 3.05) is 14.2 Å². The lowest BCUT2D eigenvalue weighted by Gasteiger charge is -2.34. The number of methoxy groups -OCH3 is 2. The SMILES string of the molecule is COc1ccc2c(c1)Cc1cccc3c1B2c1ccc(OC)cc1C3. The van der Waals surface area contributed by atoms with E-state index >= 15 is 0 Å². The highest BCUT2D eigenvalue weighted by atomic mass is 16.5. The Kier molecular flexibility index (Phi) is 3.17. The minimum atomic E-state index is 0.315. The van der Waals surface area contributed by atoms with Crippen molar-refractivity contribution in [1.29, 1.82) is 0 Å². The van der Waals surface area contributed by atoms with Crippen LogP contribution in [0.25, 0.3) is 0 Å². The molecule has 0 aromatic heterocycles. The summed E-state index contributed by atoms with van der Waals surface area (Å²) in [6.45, 7) is 0.315. The first-order valence-corrected chi connectivity index (χ1v) is 8.73. The highest BCUT2D eigenvalue weighted by Crippen LogP contribution is 2.25. The normalized spacial score (nSPS) is 13.6. The van der Waals surface area contributed by atoms with Gasteiger partial charge >= 0.3 is 0 Å². The van der Waals surface area contributed by atoms with Gasteiger partial charge < -0.3 is 9.47 Å². The van der Waals surface area contributed by atoms with Gasteiger partial charge in [0.1, 0.15) is 11.5 Å². The molecule has 2 aliphatic heterocycles. The highest BCUT2D eigenvalue weighted by Gasteiger charge is 2.36. The predicted octanol–water partition coefficient (Wildman–Crippen LogP) is 2.03. The van der Waals surface area contributed by atoms with Crippen LogP contribution in [0.1, 0.15) is 22.3 Å². The van der Waals surface area contributed by atoms with Gasteiger partial charge in [-0.25, -0.2) is 0 Å². The van der Waals surface area contributed by atoms with Crippen molar-refractivity contribution in [3.05, 3.63) is 76.9 Å². The molecule has 0 aliphatic carbocycles. The summed E-state index contributed by atoms with van der Waals surface area (Å²) >= 11 is 0. The highest BCUT2D eigenvalue weighted by molar-refractivity contribution is 6.97. The Labute approximate surface area is 148 Å². The molecular weight excluding hydrogens is 307 g/mol. The topological polar surface area (TPSA) is 18.5 Å². The monoisotopic (exact) mass is 326 g/mol. The van der Waals surface area contributed by atoms with E-state index in [0.29, 0.717) is 6.71 Å². The molecule has 25 heavy (non-hydrogen) atoms. The summed E-state index contributed by atoms with van der Waals surface area (Å²) in [7, 11) is 3.47. The van der Waals surface area contributed by atoms with Crippen LogP contribution in [0, 0.1) is 0 Å². The molecule has 2 heterocycles. The van der Waals surface area contributed by atoms with Crippen LogP contribution in [0.3, 0.4) is 0 Å². The van der Waals surface area contributed by atoms with Crippen molar-refractivity contribution in [2.24, 2.45) is 0 Å². The average molecular weight is 326 g/mol. The molecule has 0 fully saturated rings. The van der Waals surface area contributed by atoms with Crippen LogP contribution in [-0.4, -0.2) is 20.9 Å². The third-order valence-electron chi connectivity index (χ3n) is 5.66.